The highest BCUT2D eigenvalue weighted by atomic mass is 16.3. The number of pyridine rings is 1. The first-order chi connectivity index (χ1) is 9.15. The van der Waals surface area contributed by atoms with E-state index < -0.39 is 5.91 Å². The number of carbonyl (C=O) groups excluding carboxylic acids is 1. The molecule has 7 nitrogen and oxygen atoms in total. The van der Waals surface area contributed by atoms with Gasteiger partial charge in [-0.3, -0.25) is 14.7 Å². The number of nitrogens with zero attached hydrogens (tertiary/aromatic N) is 2. The Bertz CT molecular complexity index is 321. The number of rotatable bonds is 7. The second-order valence-electron chi connectivity index (χ2n) is 3.62. The fourth-order valence-corrected chi connectivity index (χ4v) is 1.27. The zero-order valence-corrected chi connectivity index (χ0v) is 10.8. The lowest BCUT2D eigenvalue weighted by molar-refractivity contribution is 0.1000. The summed E-state index contributed by atoms with van der Waals surface area (Å²) in [7, 11) is 0. The Hall–Kier alpha value is -1.54. The molecule has 1 aromatic rings. The van der Waals surface area contributed by atoms with E-state index >= 15 is 0 Å². The van der Waals surface area contributed by atoms with Crippen LogP contribution in [0.25, 0.3) is 0 Å². The molecule has 1 heterocycles. The largest absolute Gasteiger partial charge is 0.395 e. The van der Waals surface area contributed by atoms with Crippen LogP contribution in [0.4, 0.5) is 0 Å². The highest BCUT2D eigenvalue weighted by Gasteiger charge is 2.00. The maximum absolute atomic E-state index is 10.4. The molecule has 0 aliphatic carbocycles. The molecule has 0 aromatic carbocycles. The molecule has 0 radical (unpaired) electrons. The van der Waals surface area contributed by atoms with Crippen LogP contribution in [0.3, 0.4) is 0 Å². The van der Waals surface area contributed by atoms with Gasteiger partial charge in [0.05, 0.1) is 25.4 Å². The molecule has 0 bridgehead atoms. The lowest BCUT2D eigenvalue weighted by Crippen LogP contribution is -2.32. The van der Waals surface area contributed by atoms with E-state index in [0.29, 0.717) is 25.2 Å². The molecule has 108 valence electrons. The van der Waals surface area contributed by atoms with Crippen molar-refractivity contribution in [1.82, 2.24) is 9.88 Å². The normalized spacial score (nSPS) is 9.89. The Morgan fingerprint density at radius 2 is 1.68 bits per heavy atom. The van der Waals surface area contributed by atoms with Crippen LogP contribution in [0.5, 0.6) is 0 Å². The summed E-state index contributed by atoms with van der Waals surface area (Å²) in [6.07, 6.45) is 3.02. The Balaban J connectivity index is 0.000000342. The number of aromatic nitrogens is 1. The van der Waals surface area contributed by atoms with Crippen LogP contribution in [-0.4, -0.2) is 70.6 Å². The molecule has 0 spiro atoms. The van der Waals surface area contributed by atoms with Gasteiger partial charge in [0, 0.05) is 32.0 Å². The van der Waals surface area contributed by atoms with Gasteiger partial charge in [-0.05, 0) is 12.1 Å². The van der Waals surface area contributed by atoms with Crippen molar-refractivity contribution in [2.75, 3.05) is 39.5 Å². The number of nitrogens with two attached hydrogens (primary N) is 1. The van der Waals surface area contributed by atoms with E-state index in [1.54, 1.807) is 23.2 Å². The van der Waals surface area contributed by atoms with Crippen molar-refractivity contribution in [2.45, 2.75) is 0 Å². The average Bonchev–Trinajstić information content (AvgIpc) is 2.41. The van der Waals surface area contributed by atoms with E-state index in [9.17, 15) is 4.79 Å². The van der Waals surface area contributed by atoms with Crippen molar-refractivity contribution in [1.29, 1.82) is 0 Å². The van der Waals surface area contributed by atoms with Crippen LogP contribution in [0.15, 0.2) is 24.5 Å². The summed E-state index contributed by atoms with van der Waals surface area (Å²) >= 11 is 0. The van der Waals surface area contributed by atoms with Gasteiger partial charge in [-0.1, -0.05) is 0 Å². The lowest BCUT2D eigenvalue weighted by Gasteiger charge is -2.17. The number of amides is 1. The van der Waals surface area contributed by atoms with Gasteiger partial charge in [0.1, 0.15) is 0 Å². The first-order valence-electron chi connectivity index (χ1n) is 5.90. The second-order valence-corrected chi connectivity index (χ2v) is 3.62. The molecule has 0 aliphatic heterocycles. The summed E-state index contributed by atoms with van der Waals surface area (Å²) in [4.78, 5) is 15.9. The number of primary amides is 1. The highest BCUT2D eigenvalue weighted by molar-refractivity contribution is 5.92. The van der Waals surface area contributed by atoms with E-state index in [1.807, 2.05) is 0 Å². The third-order valence-corrected chi connectivity index (χ3v) is 2.19. The van der Waals surface area contributed by atoms with Crippen molar-refractivity contribution < 1.29 is 20.1 Å². The van der Waals surface area contributed by atoms with Crippen LogP contribution >= 0.6 is 0 Å². The summed E-state index contributed by atoms with van der Waals surface area (Å²) in [5.74, 6) is -0.442. The molecule has 0 saturated heterocycles. The highest BCUT2D eigenvalue weighted by Crippen LogP contribution is 1.91. The summed E-state index contributed by atoms with van der Waals surface area (Å²) < 4.78 is 0. The minimum Gasteiger partial charge on any atom is -0.395 e. The van der Waals surface area contributed by atoms with Crippen LogP contribution in [0.2, 0.25) is 0 Å². The molecule has 0 atom stereocenters. The number of hydrogen-bond donors (Lipinski definition) is 4. The van der Waals surface area contributed by atoms with Crippen LogP contribution < -0.4 is 5.73 Å². The van der Waals surface area contributed by atoms with E-state index in [1.165, 1.54) is 6.20 Å². The van der Waals surface area contributed by atoms with Crippen molar-refractivity contribution in [2.24, 2.45) is 5.73 Å². The molecule has 1 rings (SSSR count). The quantitative estimate of drug-likeness (QED) is 0.476. The third kappa shape index (κ3) is 9.09. The third-order valence-electron chi connectivity index (χ3n) is 2.19. The first-order valence-corrected chi connectivity index (χ1v) is 5.90. The molecule has 19 heavy (non-hydrogen) atoms. The molecule has 0 aliphatic rings. The summed E-state index contributed by atoms with van der Waals surface area (Å²) in [5, 5.41) is 25.5. The predicted octanol–water partition coefficient (Wildman–Crippen LogP) is -1.55. The zero-order chi connectivity index (χ0) is 14.5. The molecular weight excluding hydrogens is 250 g/mol. The number of carbonyl (C=O) groups is 1. The van der Waals surface area contributed by atoms with Gasteiger partial charge in [0.25, 0.3) is 0 Å². The van der Waals surface area contributed by atoms with Gasteiger partial charge >= 0.3 is 0 Å². The molecule has 1 amide bonds. The Labute approximate surface area is 112 Å². The minimum atomic E-state index is -0.442. The van der Waals surface area contributed by atoms with Crippen molar-refractivity contribution in [3.05, 3.63) is 30.1 Å². The summed E-state index contributed by atoms with van der Waals surface area (Å²) in [6.45, 7) is 1.75. The van der Waals surface area contributed by atoms with Gasteiger partial charge in [-0.25, -0.2) is 0 Å². The fraction of sp³-hybridized carbons (Fsp3) is 0.500. The molecular formula is C12H21N3O4. The fourth-order valence-electron chi connectivity index (χ4n) is 1.27. The van der Waals surface area contributed by atoms with Gasteiger partial charge in [0.15, 0.2) is 0 Å². The van der Waals surface area contributed by atoms with Crippen molar-refractivity contribution in [3.8, 4) is 0 Å². The number of aliphatic hydroxyl groups excluding tert-OH is 3. The molecule has 0 fully saturated rings. The van der Waals surface area contributed by atoms with Gasteiger partial charge in [0.2, 0.25) is 5.91 Å². The monoisotopic (exact) mass is 271 g/mol. The Kier molecular flexibility index (Phi) is 10.6. The van der Waals surface area contributed by atoms with Gasteiger partial charge in [-0.15, -0.1) is 0 Å². The standard InChI is InChI=1S/C6H6N2O.C6H15NO3/c7-6(9)5-2-1-3-8-4-5;8-4-1-7(2-5-9)3-6-10/h1-4H,(H2,7,9);8-10H,1-6H2. The van der Waals surface area contributed by atoms with Crippen molar-refractivity contribution in [3.63, 3.8) is 0 Å². The maximum atomic E-state index is 10.4. The van der Waals surface area contributed by atoms with E-state index in [0.717, 1.165) is 0 Å². The molecule has 1 aromatic heterocycles. The molecule has 5 N–H and O–H groups in total. The smallest absolute Gasteiger partial charge is 0.250 e. The topological polar surface area (TPSA) is 120 Å². The van der Waals surface area contributed by atoms with E-state index in [2.05, 4.69) is 4.98 Å². The maximum Gasteiger partial charge on any atom is 0.250 e. The molecule has 0 saturated carbocycles. The van der Waals surface area contributed by atoms with E-state index in [-0.39, 0.29) is 19.8 Å². The Morgan fingerprint density at radius 3 is 1.95 bits per heavy atom. The van der Waals surface area contributed by atoms with Crippen LogP contribution in [0, 0.1) is 0 Å². The van der Waals surface area contributed by atoms with Crippen LogP contribution in [-0.2, 0) is 0 Å². The van der Waals surface area contributed by atoms with E-state index in [4.69, 9.17) is 21.1 Å². The summed E-state index contributed by atoms with van der Waals surface area (Å²) in [6, 6.07) is 3.29. The minimum absolute atomic E-state index is 0.0694. The second kappa shape index (κ2) is 11.5. The zero-order valence-electron chi connectivity index (χ0n) is 10.8. The number of hydrogen-bond acceptors (Lipinski definition) is 6. The first kappa shape index (κ1) is 17.5. The van der Waals surface area contributed by atoms with Crippen molar-refractivity contribution >= 4 is 5.91 Å². The number of aliphatic hydroxyl groups is 3. The molecule has 7 heteroatoms. The lowest BCUT2D eigenvalue weighted by atomic mass is 10.3. The van der Waals surface area contributed by atoms with Crippen LogP contribution in [0.1, 0.15) is 10.4 Å². The SMILES string of the molecule is NC(=O)c1cccnc1.OCCN(CCO)CCO. The summed E-state index contributed by atoms with van der Waals surface area (Å²) in [5.41, 5.74) is 5.38. The predicted molar refractivity (Wildman–Crippen MR) is 70.5 cm³/mol. The molecule has 0 unspecified atom stereocenters. The Morgan fingerprint density at radius 1 is 1.16 bits per heavy atom. The van der Waals surface area contributed by atoms with Gasteiger partial charge in [-0.2, -0.15) is 0 Å². The van der Waals surface area contributed by atoms with Gasteiger partial charge < -0.3 is 21.1 Å². The average molecular weight is 271 g/mol.